The number of urea groups is 1. The van der Waals surface area contributed by atoms with E-state index in [0.717, 1.165) is 16.4 Å². The highest BCUT2D eigenvalue weighted by molar-refractivity contribution is 8.00. The van der Waals surface area contributed by atoms with Crippen LogP contribution < -0.4 is 4.90 Å². The third-order valence-corrected chi connectivity index (χ3v) is 4.42. The van der Waals surface area contributed by atoms with E-state index < -0.39 is 16.4 Å². The van der Waals surface area contributed by atoms with Crippen molar-refractivity contribution >= 4 is 58.5 Å². The molecule has 2 rings (SSSR count). The third kappa shape index (κ3) is 3.90. The summed E-state index contributed by atoms with van der Waals surface area (Å²) in [6.45, 7) is 0.329. The first-order chi connectivity index (χ1) is 10.5. The Labute approximate surface area is 146 Å². The number of nitrogens with zero attached hydrogens (tertiary/aromatic N) is 3. The average molecular weight is 389 g/mol. The largest absolute Gasteiger partial charge is 0.385 e. The smallest absolute Gasteiger partial charge is 0.370 e. The van der Waals surface area contributed by atoms with Crippen LogP contribution in [0.25, 0.3) is 0 Å². The van der Waals surface area contributed by atoms with Crippen molar-refractivity contribution in [2.75, 3.05) is 18.6 Å². The van der Waals surface area contributed by atoms with Crippen molar-refractivity contribution in [3.63, 3.8) is 0 Å². The van der Waals surface area contributed by atoms with Crippen LogP contribution in [-0.4, -0.2) is 39.7 Å². The Kier molecular flexibility index (Phi) is 6.43. The molecule has 0 aliphatic carbocycles. The maximum Gasteiger partial charge on any atom is 0.370 e. The fourth-order valence-corrected chi connectivity index (χ4v) is 3.41. The average Bonchev–Trinajstić information content (AvgIpc) is 2.69. The maximum absolute atomic E-state index is 14.2. The third-order valence-electron chi connectivity index (χ3n) is 2.94. The number of ether oxygens (including phenoxy) is 1. The Morgan fingerprint density at radius 2 is 2.18 bits per heavy atom. The van der Waals surface area contributed by atoms with Crippen molar-refractivity contribution in [2.24, 2.45) is 0 Å². The summed E-state index contributed by atoms with van der Waals surface area (Å²) in [5, 5.41) is 0.434. The number of benzene rings is 1. The van der Waals surface area contributed by atoms with Crippen LogP contribution in [0.4, 0.5) is 15.0 Å². The number of alkyl halides is 2. The van der Waals surface area contributed by atoms with Gasteiger partial charge in [-0.05, 0) is 30.1 Å². The summed E-state index contributed by atoms with van der Waals surface area (Å²) in [5.41, 5.74) is 0.477. The first kappa shape index (κ1) is 17.9. The van der Waals surface area contributed by atoms with Gasteiger partial charge in [0.15, 0.2) is 4.17 Å². The molecule has 2 amide bonds. The van der Waals surface area contributed by atoms with Gasteiger partial charge in [-0.2, -0.15) is 0 Å². The predicted molar refractivity (Wildman–Crippen MR) is 87.5 cm³/mol. The van der Waals surface area contributed by atoms with Crippen molar-refractivity contribution in [2.45, 2.75) is 16.8 Å². The zero-order valence-electron chi connectivity index (χ0n) is 11.5. The van der Waals surface area contributed by atoms with Gasteiger partial charge in [0.25, 0.3) is 0 Å². The van der Waals surface area contributed by atoms with E-state index in [1.54, 1.807) is 24.3 Å². The second-order valence-corrected chi connectivity index (χ2v) is 7.43. The minimum Gasteiger partial charge on any atom is -0.385 e. The standard InChI is InChI=1S/C12H13Cl3FN3O2S/c1-21-6-5-10-17(9-4-2-3-8(13)7-9)12(20)18(16)19(10)22-11(14)15/h2-4,7,10-11H,5-6H2,1H3. The molecule has 5 nitrogen and oxygen atoms in total. The molecule has 1 atom stereocenters. The van der Waals surface area contributed by atoms with E-state index in [2.05, 4.69) is 0 Å². The second-order valence-electron chi connectivity index (χ2n) is 4.32. The van der Waals surface area contributed by atoms with E-state index >= 15 is 0 Å². The zero-order valence-corrected chi connectivity index (χ0v) is 14.5. The fourth-order valence-electron chi connectivity index (χ4n) is 2.08. The summed E-state index contributed by atoms with van der Waals surface area (Å²) in [4.78, 5) is 13.5. The van der Waals surface area contributed by atoms with Crippen LogP contribution in [0.5, 0.6) is 0 Å². The van der Waals surface area contributed by atoms with E-state index in [9.17, 15) is 9.28 Å². The Balaban J connectivity index is 2.34. The Hall–Kier alpha value is -0.440. The quantitative estimate of drug-likeness (QED) is 0.410. The predicted octanol–water partition coefficient (Wildman–Crippen LogP) is 4.46. The van der Waals surface area contributed by atoms with Gasteiger partial charge in [0.05, 0.1) is 0 Å². The number of carbonyl (C=O) groups is 1. The summed E-state index contributed by atoms with van der Waals surface area (Å²) >= 11 is 18.1. The van der Waals surface area contributed by atoms with Gasteiger partial charge < -0.3 is 4.74 Å². The number of hydrogen-bond donors (Lipinski definition) is 0. The SMILES string of the molecule is COCCC1N(c2cccc(Cl)c2)C(=O)N(F)N1SC(Cl)Cl. The number of amides is 2. The summed E-state index contributed by atoms with van der Waals surface area (Å²) in [7, 11) is 1.52. The van der Waals surface area contributed by atoms with E-state index in [4.69, 9.17) is 39.5 Å². The number of anilines is 1. The van der Waals surface area contributed by atoms with Crippen LogP contribution in [0.2, 0.25) is 5.02 Å². The lowest BCUT2D eigenvalue weighted by molar-refractivity contribution is -0.0489. The normalized spacial score (nSPS) is 19.5. The first-order valence-electron chi connectivity index (χ1n) is 6.23. The minimum atomic E-state index is -0.921. The molecule has 1 aromatic carbocycles. The van der Waals surface area contributed by atoms with E-state index in [1.165, 1.54) is 12.0 Å². The Morgan fingerprint density at radius 1 is 1.45 bits per heavy atom. The van der Waals surface area contributed by atoms with Crippen molar-refractivity contribution in [1.29, 1.82) is 0 Å². The molecule has 0 bridgehead atoms. The summed E-state index contributed by atoms with van der Waals surface area (Å²) in [6, 6.07) is 5.76. The highest BCUT2D eigenvalue weighted by Gasteiger charge is 2.47. The van der Waals surface area contributed by atoms with Crippen LogP contribution in [0, 0.1) is 0 Å². The summed E-state index contributed by atoms with van der Waals surface area (Å²) in [6.07, 6.45) is -0.274. The van der Waals surface area contributed by atoms with Gasteiger partial charge in [0, 0.05) is 30.8 Å². The molecular formula is C12H13Cl3FN3O2S. The van der Waals surface area contributed by atoms with Crippen LogP contribution >= 0.6 is 46.8 Å². The van der Waals surface area contributed by atoms with Gasteiger partial charge in [-0.25, -0.2) is 4.79 Å². The molecule has 1 aliphatic rings. The van der Waals surface area contributed by atoms with Crippen molar-refractivity contribution in [3.05, 3.63) is 29.3 Å². The van der Waals surface area contributed by atoms with Gasteiger partial charge >= 0.3 is 6.03 Å². The molecule has 10 heteroatoms. The number of carbonyl (C=O) groups excluding carboxylic acids is 1. The number of hydrogen-bond acceptors (Lipinski definition) is 4. The number of hydrazine groups is 1. The van der Waals surface area contributed by atoms with Crippen LogP contribution in [0.1, 0.15) is 6.42 Å². The van der Waals surface area contributed by atoms with Crippen LogP contribution in [0.15, 0.2) is 24.3 Å². The number of halogens is 4. The van der Waals surface area contributed by atoms with E-state index in [1.807, 2.05) is 0 Å². The van der Waals surface area contributed by atoms with Crippen LogP contribution in [-0.2, 0) is 4.74 Å². The molecule has 1 heterocycles. The molecule has 122 valence electrons. The molecular weight excluding hydrogens is 376 g/mol. The Bertz CT molecular complexity index is 540. The maximum atomic E-state index is 14.2. The fraction of sp³-hybridized carbons (Fsp3) is 0.417. The highest BCUT2D eigenvalue weighted by atomic mass is 35.5. The van der Waals surface area contributed by atoms with Crippen LogP contribution in [0.3, 0.4) is 0 Å². The lowest BCUT2D eigenvalue weighted by Gasteiger charge is -2.27. The molecule has 1 saturated heterocycles. The number of methoxy groups -OCH3 is 1. The first-order valence-corrected chi connectivity index (χ1v) is 8.32. The minimum absolute atomic E-state index is 0.0103. The van der Waals surface area contributed by atoms with Gasteiger partial charge in [0.1, 0.15) is 6.17 Å². The molecule has 1 aromatic rings. The summed E-state index contributed by atoms with van der Waals surface area (Å²) < 4.78 is 19.4. The van der Waals surface area contributed by atoms with E-state index in [0.29, 0.717) is 23.7 Å². The van der Waals surface area contributed by atoms with Gasteiger partial charge in [0.2, 0.25) is 0 Å². The second kappa shape index (κ2) is 7.90. The lowest BCUT2D eigenvalue weighted by Crippen LogP contribution is -2.38. The molecule has 0 saturated carbocycles. The van der Waals surface area contributed by atoms with Crippen molar-refractivity contribution < 1.29 is 14.0 Å². The topological polar surface area (TPSA) is 36.0 Å². The zero-order chi connectivity index (χ0) is 16.3. The van der Waals surface area contributed by atoms with Gasteiger partial charge in [-0.15, -0.1) is 4.41 Å². The lowest BCUT2D eigenvalue weighted by atomic mass is 10.2. The number of rotatable bonds is 6. The molecule has 0 radical (unpaired) electrons. The van der Waals surface area contributed by atoms with Crippen molar-refractivity contribution in [1.82, 2.24) is 9.65 Å². The van der Waals surface area contributed by atoms with Gasteiger partial charge in [-0.1, -0.05) is 50.6 Å². The highest BCUT2D eigenvalue weighted by Crippen LogP contribution is 2.38. The monoisotopic (exact) mass is 387 g/mol. The van der Waals surface area contributed by atoms with Gasteiger partial charge in [-0.3, -0.25) is 4.90 Å². The molecule has 0 N–H and O–H groups in total. The molecule has 1 aliphatic heterocycles. The molecule has 1 fully saturated rings. The van der Waals surface area contributed by atoms with Crippen molar-refractivity contribution in [3.8, 4) is 0 Å². The molecule has 0 spiro atoms. The van der Waals surface area contributed by atoms with E-state index in [-0.39, 0.29) is 5.23 Å². The molecule has 0 aromatic heterocycles. The molecule has 22 heavy (non-hydrogen) atoms. The Morgan fingerprint density at radius 3 is 2.77 bits per heavy atom. The molecule has 1 unspecified atom stereocenters. The summed E-state index contributed by atoms with van der Waals surface area (Å²) in [5.74, 6) is 0.